The molecule has 220 valence electrons. The number of fused-ring (bicyclic) bond motifs is 1. The van der Waals surface area contributed by atoms with Crippen LogP contribution in [0.3, 0.4) is 0 Å². The molecule has 4 aromatic rings. The number of nitrogens with zero attached hydrogens (tertiary/aromatic N) is 3. The highest BCUT2D eigenvalue weighted by molar-refractivity contribution is 7.53. The number of nitrogens with two attached hydrogens (primary N) is 1. The molecule has 3 heterocycles. The molecule has 0 saturated carbocycles. The molecule has 1 aliphatic rings. The fourth-order valence-electron chi connectivity index (χ4n) is 3.93. The first-order valence-corrected chi connectivity index (χ1v) is 14.3. The van der Waals surface area contributed by atoms with E-state index in [4.69, 9.17) is 29.0 Å². The number of H-pyrrole nitrogens is 1. The molecule has 42 heavy (non-hydrogen) atoms. The van der Waals surface area contributed by atoms with E-state index in [9.17, 15) is 18.1 Å². The fraction of sp³-hybridized carbons (Fsp3) is 0.222. The van der Waals surface area contributed by atoms with Gasteiger partial charge in [-0.25, -0.2) is 13.8 Å². The molecule has 5 rings (SSSR count). The molecule has 2 aromatic carbocycles. The lowest BCUT2D eigenvalue weighted by Gasteiger charge is -2.19. The first-order valence-electron chi connectivity index (χ1n) is 12.6. The monoisotopic (exact) mass is 601 g/mol. The summed E-state index contributed by atoms with van der Waals surface area (Å²) >= 11 is 0. The first-order chi connectivity index (χ1) is 20.1. The lowest BCUT2D eigenvalue weighted by atomic mass is 10.1. The second kappa shape index (κ2) is 12.2. The summed E-state index contributed by atoms with van der Waals surface area (Å²) in [5, 5.41) is 0. The Kier molecular flexibility index (Phi) is 8.50. The van der Waals surface area contributed by atoms with Crippen molar-refractivity contribution in [2.45, 2.75) is 20.1 Å². The van der Waals surface area contributed by atoms with Crippen molar-refractivity contribution in [1.82, 2.24) is 19.5 Å². The summed E-state index contributed by atoms with van der Waals surface area (Å²) in [4.78, 5) is 22.5. The average molecular weight is 602 g/mol. The molecular weight excluding hydrogens is 575 g/mol. The number of ether oxygens (including phenoxy) is 3. The molecule has 12 nitrogen and oxygen atoms in total. The van der Waals surface area contributed by atoms with Crippen LogP contribution in [0.25, 0.3) is 16.9 Å². The van der Waals surface area contributed by atoms with E-state index in [2.05, 4.69) is 21.5 Å². The Morgan fingerprint density at radius 3 is 2.64 bits per heavy atom. The first kappa shape index (κ1) is 29.1. The Balaban J connectivity index is 1.29. The van der Waals surface area contributed by atoms with Crippen LogP contribution >= 0.6 is 7.60 Å². The highest BCUT2D eigenvalue weighted by Crippen LogP contribution is 2.50. The number of aromatic amines is 1. The van der Waals surface area contributed by atoms with Crippen LogP contribution in [0.1, 0.15) is 16.7 Å². The van der Waals surface area contributed by atoms with Crippen molar-refractivity contribution in [3.63, 3.8) is 0 Å². The van der Waals surface area contributed by atoms with E-state index in [0.717, 1.165) is 0 Å². The van der Waals surface area contributed by atoms with Crippen LogP contribution in [-0.4, -0.2) is 39.1 Å². The quantitative estimate of drug-likeness (QED) is 0.174. The number of hydrogen-bond acceptors (Lipinski definition) is 10. The Bertz CT molecular complexity index is 1770. The van der Waals surface area contributed by atoms with Crippen molar-refractivity contribution < 1.29 is 36.6 Å². The number of imidazole rings is 1. The Morgan fingerprint density at radius 2 is 1.88 bits per heavy atom. The van der Waals surface area contributed by atoms with E-state index in [0.29, 0.717) is 16.7 Å². The van der Waals surface area contributed by atoms with E-state index in [-0.39, 0.29) is 60.9 Å². The minimum absolute atomic E-state index is 0.00958. The normalized spacial score (nSPS) is 14.7. The van der Waals surface area contributed by atoms with Gasteiger partial charge in [-0.15, -0.1) is 0 Å². The summed E-state index contributed by atoms with van der Waals surface area (Å²) in [5.74, 6) is -0.641. The summed E-state index contributed by atoms with van der Waals surface area (Å²) in [5.41, 5.74) is 6.89. The number of nitrogen functional groups attached to an aromatic ring is 1. The van der Waals surface area contributed by atoms with Crippen molar-refractivity contribution in [3.05, 3.63) is 106 Å². The van der Waals surface area contributed by atoms with Crippen LogP contribution in [0, 0.1) is 18.6 Å². The number of hydrogen-bond donors (Lipinski definition) is 2. The van der Waals surface area contributed by atoms with Crippen molar-refractivity contribution in [2.75, 3.05) is 25.3 Å². The van der Waals surface area contributed by atoms with Gasteiger partial charge in [0.05, 0.1) is 19.5 Å². The standard InChI is InChI=1S/C27H26F2N5O7P/c1-16-3-4-18(11-21(16)29)12-38-42(36,15-37-10-9-34-14-31-23-25(34)32-27(30)33-26(23)35)39-13-22-24(41-17(2)40-22)19-5-7-20(28)8-6-19/h3-8,11,14H,2,9-10,12-13,15H2,1H3,(H3,30,32,33,35). The molecule has 3 N–H and O–H groups in total. The highest BCUT2D eigenvalue weighted by Gasteiger charge is 2.30. The van der Waals surface area contributed by atoms with Crippen LogP contribution in [-0.2, 0) is 41.0 Å². The van der Waals surface area contributed by atoms with Crippen molar-refractivity contribution in [2.24, 2.45) is 0 Å². The fourth-order valence-corrected chi connectivity index (χ4v) is 5.17. The van der Waals surface area contributed by atoms with Gasteiger partial charge in [0.15, 0.2) is 22.7 Å². The zero-order valence-electron chi connectivity index (χ0n) is 22.3. The zero-order chi connectivity index (χ0) is 29.9. The third-order valence-electron chi connectivity index (χ3n) is 6.09. The molecule has 0 spiro atoms. The lowest BCUT2D eigenvalue weighted by Crippen LogP contribution is -2.13. The van der Waals surface area contributed by atoms with Gasteiger partial charge in [0.25, 0.3) is 11.5 Å². The maximum atomic E-state index is 14.1. The van der Waals surface area contributed by atoms with Gasteiger partial charge in [-0.3, -0.25) is 18.9 Å². The summed E-state index contributed by atoms with van der Waals surface area (Å²) in [6.07, 6.45) is 0.924. The number of anilines is 1. The molecule has 2 aromatic heterocycles. The van der Waals surface area contributed by atoms with Crippen molar-refractivity contribution >= 4 is 30.5 Å². The third-order valence-corrected chi connectivity index (χ3v) is 7.63. The number of nitrogens with one attached hydrogen (secondary N) is 1. The van der Waals surface area contributed by atoms with Crippen molar-refractivity contribution in [3.8, 4) is 0 Å². The molecule has 0 radical (unpaired) electrons. The number of rotatable bonds is 12. The summed E-state index contributed by atoms with van der Waals surface area (Å²) in [6.45, 7) is 4.85. The molecule has 0 amide bonds. The van der Waals surface area contributed by atoms with Crippen LogP contribution in [0.15, 0.2) is 71.9 Å². The molecule has 1 aliphatic heterocycles. The van der Waals surface area contributed by atoms with Gasteiger partial charge in [-0.05, 0) is 55.0 Å². The van der Waals surface area contributed by atoms with E-state index >= 15 is 0 Å². The molecule has 1 atom stereocenters. The van der Waals surface area contributed by atoms with Gasteiger partial charge in [0, 0.05) is 12.1 Å². The SMILES string of the molecule is C=C1OC(COP(=O)(COCCn2cnc3c(=O)[nH]c(N)nc32)OCc2ccc(C)c(F)c2)=C(c2ccc(F)cc2)O1. The number of aryl methyl sites for hydroxylation is 1. The topological polar surface area (TPSA) is 153 Å². The summed E-state index contributed by atoms with van der Waals surface area (Å²) < 4.78 is 70.8. The molecule has 15 heteroatoms. The third kappa shape index (κ3) is 6.74. The van der Waals surface area contributed by atoms with E-state index in [1.54, 1.807) is 23.6 Å². The minimum Gasteiger partial charge on any atom is -0.424 e. The second-order valence-corrected chi connectivity index (χ2v) is 11.2. The lowest BCUT2D eigenvalue weighted by molar-refractivity contribution is 0.114. The number of halogens is 2. The van der Waals surface area contributed by atoms with Gasteiger partial charge >= 0.3 is 7.60 Å². The van der Waals surface area contributed by atoms with E-state index in [1.807, 2.05) is 0 Å². The van der Waals surface area contributed by atoms with Crippen molar-refractivity contribution in [1.29, 1.82) is 0 Å². The van der Waals surface area contributed by atoms with E-state index < -0.39 is 31.1 Å². The Morgan fingerprint density at radius 1 is 1.12 bits per heavy atom. The summed E-state index contributed by atoms with van der Waals surface area (Å²) in [7, 11) is -4.00. The van der Waals surface area contributed by atoms with Gasteiger partial charge in [-0.1, -0.05) is 12.1 Å². The smallest absolute Gasteiger partial charge is 0.356 e. The van der Waals surface area contributed by atoms with Gasteiger partial charge in [0.2, 0.25) is 5.95 Å². The number of aromatic nitrogens is 4. The molecule has 0 aliphatic carbocycles. The molecule has 0 fully saturated rings. The summed E-state index contributed by atoms with van der Waals surface area (Å²) in [6, 6.07) is 9.95. The molecule has 0 saturated heterocycles. The Labute approximate surface area is 237 Å². The molecule has 1 unspecified atom stereocenters. The highest BCUT2D eigenvalue weighted by atomic mass is 31.2. The van der Waals surface area contributed by atoms with Gasteiger partial charge < -0.3 is 29.0 Å². The maximum absolute atomic E-state index is 14.1. The van der Waals surface area contributed by atoms with Gasteiger partial charge in [-0.2, -0.15) is 4.98 Å². The van der Waals surface area contributed by atoms with Crippen LogP contribution in [0.2, 0.25) is 0 Å². The second-order valence-electron chi connectivity index (χ2n) is 9.18. The predicted octanol–water partition coefficient (Wildman–Crippen LogP) is 4.58. The maximum Gasteiger partial charge on any atom is 0.356 e. The molecule has 0 bridgehead atoms. The van der Waals surface area contributed by atoms with Crippen LogP contribution < -0.4 is 11.3 Å². The minimum atomic E-state index is -4.00. The Hall–Kier alpha value is -4.36. The zero-order valence-corrected chi connectivity index (χ0v) is 23.2. The largest absolute Gasteiger partial charge is 0.424 e. The molecular formula is C27H26F2N5O7P. The predicted molar refractivity (Wildman–Crippen MR) is 147 cm³/mol. The van der Waals surface area contributed by atoms with Crippen LogP contribution in [0.4, 0.5) is 14.7 Å². The van der Waals surface area contributed by atoms with E-state index in [1.165, 1.54) is 36.7 Å². The number of benzene rings is 2. The average Bonchev–Trinajstić information content (AvgIpc) is 3.54. The van der Waals surface area contributed by atoms with Gasteiger partial charge in [0.1, 0.15) is 24.6 Å². The van der Waals surface area contributed by atoms with Crippen LogP contribution in [0.5, 0.6) is 0 Å².